The number of hydrogen-bond acceptors (Lipinski definition) is 3. The molecule has 1 aliphatic rings. The zero-order valence-corrected chi connectivity index (χ0v) is 16.6. The van der Waals surface area contributed by atoms with Crippen molar-refractivity contribution in [1.29, 1.82) is 0 Å². The van der Waals surface area contributed by atoms with Crippen LogP contribution in [0.5, 0.6) is 0 Å². The summed E-state index contributed by atoms with van der Waals surface area (Å²) in [5.41, 5.74) is 3.14. The first-order chi connectivity index (χ1) is 13.3. The molecule has 1 aromatic carbocycles. The lowest BCUT2D eigenvalue weighted by atomic mass is 9.90. The van der Waals surface area contributed by atoms with Gasteiger partial charge in [-0.2, -0.15) is 0 Å². The third-order valence-electron chi connectivity index (χ3n) is 5.66. The summed E-state index contributed by atoms with van der Waals surface area (Å²) in [6.07, 6.45) is 2.52. The maximum atomic E-state index is 13.1. The highest BCUT2D eigenvalue weighted by Crippen LogP contribution is 2.28. The van der Waals surface area contributed by atoms with E-state index in [0.717, 1.165) is 36.1 Å². The van der Waals surface area contributed by atoms with Crippen LogP contribution >= 0.6 is 0 Å². The van der Waals surface area contributed by atoms with Crippen molar-refractivity contribution in [1.82, 2.24) is 9.47 Å². The van der Waals surface area contributed by atoms with E-state index in [2.05, 4.69) is 0 Å². The van der Waals surface area contributed by atoms with Crippen LogP contribution in [0.1, 0.15) is 63.2 Å². The minimum atomic E-state index is -0.950. The molecule has 0 spiro atoms. The highest BCUT2D eigenvalue weighted by Gasteiger charge is 2.27. The summed E-state index contributed by atoms with van der Waals surface area (Å²) in [5, 5.41) is 9.05. The number of aromatic carboxylic acids is 1. The lowest BCUT2D eigenvalue weighted by Gasteiger charge is -2.33. The fraction of sp³-hybridized carbons (Fsp3) is 0.409. The van der Waals surface area contributed by atoms with Gasteiger partial charge in [0.05, 0.1) is 5.56 Å². The molecule has 0 aliphatic carbocycles. The summed E-state index contributed by atoms with van der Waals surface area (Å²) >= 11 is 0. The number of pyridine rings is 1. The molecule has 1 aromatic heterocycles. The summed E-state index contributed by atoms with van der Waals surface area (Å²) in [7, 11) is 1.72. The monoisotopic (exact) mass is 382 g/mol. The lowest BCUT2D eigenvalue weighted by molar-refractivity contribution is 0.0693. The summed E-state index contributed by atoms with van der Waals surface area (Å²) in [6, 6.07) is 8.55. The third-order valence-corrected chi connectivity index (χ3v) is 5.66. The molecule has 1 unspecified atom stereocenters. The van der Waals surface area contributed by atoms with Crippen molar-refractivity contribution in [3.8, 4) is 0 Å². The molecule has 2 heterocycles. The second-order valence-corrected chi connectivity index (χ2v) is 7.42. The van der Waals surface area contributed by atoms with Gasteiger partial charge in [0, 0.05) is 31.7 Å². The van der Waals surface area contributed by atoms with Crippen LogP contribution in [0.15, 0.2) is 35.1 Å². The first-order valence-electron chi connectivity index (χ1n) is 9.65. The number of carboxylic acid groups (broad SMARTS) is 1. The second kappa shape index (κ2) is 8.00. The summed E-state index contributed by atoms with van der Waals surface area (Å²) in [5.74, 6) is -1.03. The number of benzene rings is 1. The molecule has 3 rings (SSSR count). The van der Waals surface area contributed by atoms with Crippen molar-refractivity contribution < 1.29 is 14.7 Å². The molecular weight excluding hydrogens is 356 g/mol. The van der Waals surface area contributed by atoms with Crippen LogP contribution in [0.2, 0.25) is 0 Å². The van der Waals surface area contributed by atoms with Gasteiger partial charge in [-0.3, -0.25) is 9.59 Å². The van der Waals surface area contributed by atoms with Crippen molar-refractivity contribution in [2.24, 2.45) is 7.05 Å². The van der Waals surface area contributed by atoms with Gasteiger partial charge >= 0.3 is 5.97 Å². The average molecular weight is 382 g/mol. The fourth-order valence-corrected chi connectivity index (χ4v) is 4.10. The van der Waals surface area contributed by atoms with E-state index in [1.54, 1.807) is 34.7 Å². The number of aromatic nitrogens is 1. The highest BCUT2D eigenvalue weighted by molar-refractivity contribution is 5.94. The summed E-state index contributed by atoms with van der Waals surface area (Å²) in [4.78, 5) is 38.6. The Labute approximate surface area is 164 Å². The number of carbonyl (C=O) groups excluding carboxylic acids is 1. The fourth-order valence-electron chi connectivity index (χ4n) is 4.10. The van der Waals surface area contributed by atoms with Crippen molar-refractivity contribution in [2.75, 3.05) is 13.1 Å². The van der Waals surface area contributed by atoms with Crippen molar-refractivity contribution in [2.45, 2.75) is 39.0 Å². The minimum Gasteiger partial charge on any atom is -0.478 e. The molecule has 28 heavy (non-hydrogen) atoms. The molecule has 1 amide bonds. The lowest BCUT2D eigenvalue weighted by Crippen LogP contribution is -2.42. The minimum absolute atomic E-state index is 0.139. The normalized spacial score (nSPS) is 16.8. The van der Waals surface area contributed by atoms with Gasteiger partial charge < -0.3 is 14.6 Å². The van der Waals surface area contributed by atoms with Gasteiger partial charge in [-0.05, 0) is 55.5 Å². The van der Waals surface area contributed by atoms with E-state index < -0.39 is 5.97 Å². The van der Waals surface area contributed by atoms with Crippen LogP contribution in [0.25, 0.3) is 0 Å². The van der Waals surface area contributed by atoms with Crippen molar-refractivity contribution >= 4 is 11.9 Å². The Bertz CT molecular complexity index is 960. The van der Waals surface area contributed by atoms with Gasteiger partial charge in [-0.25, -0.2) is 4.79 Å². The maximum Gasteiger partial charge on any atom is 0.335 e. The molecule has 0 radical (unpaired) electrons. The Hall–Kier alpha value is -2.89. The first-order valence-corrected chi connectivity index (χ1v) is 9.65. The number of nitrogens with zero attached hydrogens (tertiary/aromatic N) is 2. The van der Waals surface area contributed by atoms with Crippen LogP contribution in [-0.2, 0) is 13.5 Å². The molecule has 1 N–H and O–H groups in total. The average Bonchev–Trinajstić information content (AvgIpc) is 2.70. The van der Waals surface area contributed by atoms with Crippen LogP contribution < -0.4 is 5.56 Å². The van der Waals surface area contributed by atoms with E-state index in [1.807, 2.05) is 26.0 Å². The van der Waals surface area contributed by atoms with Crippen LogP contribution in [0, 0.1) is 6.92 Å². The number of piperidine rings is 1. The van der Waals surface area contributed by atoms with Crippen LogP contribution in [-0.4, -0.2) is 39.5 Å². The highest BCUT2D eigenvalue weighted by atomic mass is 16.4. The third kappa shape index (κ3) is 3.72. The predicted octanol–water partition coefficient (Wildman–Crippen LogP) is 2.97. The maximum absolute atomic E-state index is 13.1. The van der Waals surface area contributed by atoms with Crippen molar-refractivity contribution in [3.63, 3.8) is 0 Å². The number of carbonyl (C=O) groups is 2. The SMILES string of the molecule is CCc1c(C)cc(C(=O)N2CCCC(c3ccc(C(=O)O)cc3)C2)c(=O)n1C. The van der Waals surface area contributed by atoms with E-state index in [1.165, 1.54) is 0 Å². The first kappa shape index (κ1) is 19.9. The van der Waals surface area contributed by atoms with E-state index in [-0.39, 0.29) is 28.5 Å². The molecule has 1 aliphatic heterocycles. The molecule has 1 fully saturated rings. The van der Waals surface area contributed by atoms with Crippen LogP contribution in [0.4, 0.5) is 0 Å². The number of likely N-dealkylation sites (tertiary alicyclic amines) is 1. The van der Waals surface area contributed by atoms with Crippen LogP contribution in [0.3, 0.4) is 0 Å². The van der Waals surface area contributed by atoms with Gasteiger partial charge in [0.2, 0.25) is 0 Å². The van der Waals surface area contributed by atoms with Gasteiger partial charge in [-0.1, -0.05) is 19.1 Å². The smallest absolute Gasteiger partial charge is 0.335 e. The zero-order chi connectivity index (χ0) is 20.4. The number of hydrogen-bond donors (Lipinski definition) is 1. The predicted molar refractivity (Wildman–Crippen MR) is 107 cm³/mol. The van der Waals surface area contributed by atoms with Gasteiger partial charge in [0.1, 0.15) is 5.56 Å². The molecule has 148 valence electrons. The van der Waals surface area contributed by atoms with E-state index in [9.17, 15) is 14.4 Å². The largest absolute Gasteiger partial charge is 0.478 e. The number of carboxylic acids is 1. The molecule has 1 saturated heterocycles. The van der Waals surface area contributed by atoms with Gasteiger partial charge in [0.25, 0.3) is 11.5 Å². The standard InChI is InChI=1S/C22H26N2O4/c1-4-19-14(2)12-18(20(25)23(19)3)21(26)24-11-5-6-17(13-24)15-7-9-16(10-8-15)22(27)28/h7-10,12,17H,4-6,11,13H2,1-3H3,(H,27,28). The Balaban J connectivity index is 1.83. The Kier molecular flexibility index (Phi) is 5.68. The van der Waals surface area contributed by atoms with E-state index in [4.69, 9.17) is 5.11 Å². The Morgan fingerprint density at radius 1 is 1.21 bits per heavy atom. The molecule has 0 bridgehead atoms. The zero-order valence-electron chi connectivity index (χ0n) is 16.6. The molecule has 0 saturated carbocycles. The topological polar surface area (TPSA) is 79.6 Å². The summed E-state index contributed by atoms with van der Waals surface area (Å²) in [6.45, 7) is 5.08. The number of rotatable bonds is 4. The number of amides is 1. The molecule has 2 aromatic rings. The quantitative estimate of drug-likeness (QED) is 0.882. The van der Waals surface area contributed by atoms with Crippen molar-refractivity contribution in [3.05, 3.63) is 68.6 Å². The van der Waals surface area contributed by atoms with Gasteiger partial charge in [-0.15, -0.1) is 0 Å². The second-order valence-electron chi connectivity index (χ2n) is 7.42. The molecule has 6 heteroatoms. The molecular formula is C22H26N2O4. The molecule has 6 nitrogen and oxygen atoms in total. The van der Waals surface area contributed by atoms with Gasteiger partial charge in [0.15, 0.2) is 0 Å². The summed E-state index contributed by atoms with van der Waals surface area (Å²) < 4.78 is 1.58. The van der Waals surface area contributed by atoms with E-state index in [0.29, 0.717) is 13.1 Å². The molecule has 1 atom stereocenters. The Morgan fingerprint density at radius 2 is 1.89 bits per heavy atom. The van der Waals surface area contributed by atoms with E-state index >= 15 is 0 Å². The Morgan fingerprint density at radius 3 is 2.50 bits per heavy atom. The number of aryl methyl sites for hydroxylation is 1.